The van der Waals surface area contributed by atoms with E-state index in [9.17, 15) is 0 Å². The van der Waals surface area contributed by atoms with Gasteiger partial charge in [0.05, 0.1) is 5.56 Å². The van der Waals surface area contributed by atoms with E-state index in [0.29, 0.717) is 17.5 Å². The molecule has 0 aliphatic rings. The van der Waals surface area contributed by atoms with Crippen molar-refractivity contribution in [1.29, 1.82) is 0 Å². The molecule has 0 unspecified atom stereocenters. The SMILES string of the molecule is Bc1c(B)c(B)c(-c2c(B)c(B)c3c4c(B)c(B)c(B)c(B)c4n(-c4ccc5c(c4)oc4cc(-c6nc(-c7ccccc7)nc(-c7cccc8c7oc7ccccc78)n6)ccc45)c3c2B)c(B)c1B. The molecular weight excluding hydrogens is 830 g/mol. The highest BCUT2D eigenvalue weighted by Crippen LogP contribution is 2.38. The number of furan rings is 2. The molecule has 4 aromatic heterocycles. The van der Waals surface area contributed by atoms with Crippen LogP contribution < -0.4 is 65.6 Å². The molecular formula is C51H42B12N4O2. The number of fused-ring (bicyclic) bond motifs is 9. The van der Waals surface area contributed by atoms with Gasteiger partial charge in [0.2, 0.25) is 0 Å². The molecule has 0 atom stereocenters. The summed E-state index contributed by atoms with van der Waals surface area (Å²) < 4.78 is 15.9. The average molecular weight is 873 g/mol. The number of nitrogens with zero attached hydrogens (tertiary/aromatic N) is 4. The van der Waals surface area contributed by atoms with E-state index in [2.05, 4.69) is 147 Å². The van der Waals surface area contributed by atoms with Gasteiger partial charge in [-0.05, 0) is 58.3 Å². The lowest BCUT2D eigenvalue weighted by Gasteiger charge is -2.25. The number of hydrogen-bond donors (Lipinski definition) is 0. The molecule has 0 amide bonds. The molecule has 0 radical (unpaired) electrons. The van der Waals surface area contributed by atoms with Crippen LogP contribution in [-0.4, -0.2) is 114 Å². The summed E-state index contributed by atoms with van der Waals surface area (Å²) >= 11 is 0. The predicted octanol–water partition coefficient (Wildman–Crippen LogP) is -7.46. The summed E-state index contributed by atoms with van der Waals surface area (Å²) in [5, 5.41) is 6.84. The Labute approximate surface area is 411 Å². The topological polar surface area (TPSA) is 69.9 Å². The highest BCUT2D eigenvalue weighted by Gasteiger charge is 2.27. The summed E-state index contributed by atoms with van der Waals surface area (Å²) in [7, 11) is 27.6. The minimum Gasteiger partial charge on any atom is -0.456 e. The third-order valence-electron chi connectivity index (χ3n) is 16.2. The van der Waals surface area contributed by atoms with E-state index in [1.807, 2.05) is 60.7 Å². The van der Waals surface area contributed by atoms with Crippen molar-refractivity contribution in [2.45, 2.75) is 0 Å². The molecule has 0 spiro atoms. The number of benzene rings is 8. The summed E-state index contributed by atoms with van der Waals surface area (Å²) in [5.74, 6) is 1.68. The molecule has 0 fully saturated rings. The summed E-state index contributed by atoms with van der Waals surface area (Å²) in [6.45, 7) is 0. The molecule has 0 aliphatic carbocycles. The van der Waals surface area contributed by atoms with Crippen LogP contribution >= 0.6 is 0 Å². The molecule has 0 bridgehead atoms. The van der Waals surface area contributed by atoms with Gasteiger partial charge in [0.1, 0.15) is 116 Å². The summed E-state index contributed by atoms with van der Waals surface area (Å²) in [4.78, 5) is 15.3. The van der Waals surface area contributed by atoms with Crippen LogP contribution in [0, 0.1) is 0 Å². The Morgan fingerprint density at radius 2 is 0.855 bits per heavy atom. The Kier molecular flexibility index (Phi) is 9.87. The van der Waals surface area contributed by atoms with Crippen LogP contribution in [0.15, 0.2) is 118 Å². The first-order valence-corrected chi connectivity index (χ1v) is 24.0. The predicted molar refractivity (Wildman–Crippen MR) is 329 cm³/mol. The van der Waals surface area contributed by atoms with Crippen molar-refractivity contribution in [2.24, 2.45) is 0 Å². The second-order valence-electron chi connectivity index (χ2n) is 19.5. The van der Waals surface area contributed by atoms with Crippen LogP contribution in [0.5, 0.6) is 0 Å². The smallest absolute Gasteiger partial charge is 0.167 e. The van der Waals surface area contributed by atoms with Crippen LogP contribution in [0.25, 0.3) is 117 Å². The largest absolute Gasteiger partial charge is 0.456 e. The van der Waals surface area contributed by atoms with E-state index < -0.39 is 0 Å². The fraction of sp³-hybridized carbons (Fsp3) is 0. The molecule has 0 saturated carbocycles. The van der Waals surface area contributed by atoms with Crippen LogP contribution in [-0.2, 0) is 0 Å². The van der Waals surface area contributed by atoms with Crippen molar-refractivity contribution in [3.63, 3.8) is 0 Å². The number of hydrogen-bond acceptors (Lipinski definition) is 5. The van der Waals surface area contributed by atoms with E-state index >= 15 is 0 Å². The second-order valence-corrected chi connectivity index (χ2v) is 19.5. The van der Waals surface area contributed by atoms with Crippen molar-refractivity contribution >= 4 is 225 Å². The van der Waals surface area contributed by atoms with E-state index in [0.717, 1.165) is 66.3 Å². The highest BCUT2D eigenvalue weighted by atomic mass is 16.3. The third kappa shape index (κ3) is 6.26. The van der Waals surface area contributed by atoms with Gasteiger partial charge in [-0.3, -0.25) is 0 Å². The van der Waals surface area contributed by atoms with Gasteiger partial charge in [-0.25, -0.2) is 15.0 Å². The van der Waals surface area contributed by atoms with Crippen molar-refractivity contribution in [1.82, 2.24) is 19.5 Å². The lowest BCUT2D eigenvalue weighted by atomic mass is 9.57. The Bertz CT molecular complexity index is 4210. The summed E-state index contributed by atoms with van der Waals surface area (Å²) in [5.41, 5.74) is 28.1. The highest BCUT2D eigenvalue weighted by molar-refractivity contribution is 6.72. The zero-order chi connectivity index (χ0) is 47.9. The van der Waals surface area contributed by atoms with Gasteiger partial charge >= 0.3 is 0 Å². The molecule has 0 aliphatic heterocycles. The molecule has 0 N–H and O–H groups in total. The molecule has 12 aromatic rings. The maximum absolute atomic E-state index is 6.93. The van der Waals surface area contributed by atoms with E-state index in [-0.39, 0.29) is 0 Å². The number of aromatic nitrogens is 4. The maximum Gasteiger partial charge on any atom is 0.167 e. The zero-order valence-corrected chi connectivity index (χ0v) is 41.5. The van der Waals surface area contributed by atoms with Crippen LogP contribution in [0.4, 0.5) is 0 Å². The van der Waals surface area contributed by atoms with Gasteiger partial charge in [-0.2, -0.15) is 0 Å². The van der Waals surface area contributed by atoms with E-state index in [1.165, 1.54) is 98.5 Å². The monoisotopic (exact) mass is 874 g/mol. The first-order valence-electron chi connectivity index (χ1n) is 24.0. The first-order chi connectivity index (χ1) is 33.2. The first kappa shape index (κ1) is 43.2. The average Bonchev–Trinajstić information content (AvgIpc) is 4.06. The van der Waals surface area contributed by atoms with Crippen LogP contribution in [0.1, 0.15) is 0 Å². The van der Waals surface area contributed by atoms with Crippen molar-refractivity contribution in [3.8, 4) is 51.0 Å². The summed E-state index contributed by atoms with van der Waals surface area (Å²) in [6.07, 6.45) is 0. The number of para-hydroxylation sites is 2. The van der Waals surface area contributed by atoms with Crippen molar-refractivity contribution < 1.29 is 8.83 Å². The van der Waals surface area contributed by atoms with Crippen molar-refractivity contribution in [3.05, 3.63) is 109 Å². The van der Waals surface area contributed by atoms with Gasteiger partial charge in [0, 0.05) is 55.5 Å². The molecule has 69 heavy (non-hydrogen) atoms. The molecule has 0 saturated heterocycles. The maximum atomic E-state index is 6.93. The Hall–Kier alpha value is -7.05. The minimum absolute atomic E-state index is 0.543. The Morgan fingerprint density at radius 3 is 1.58 bits per heavy atom. The van der Waals surface area contributed by atoms with Gasteiger partial charge in [-0.15, -0.1) is 21.9 Å². The van der Waals surface area contributed by atoms with Gasteiger partial charge in [0.25, 0.3) is 0 Å². The van der Waals surface area contributed by atoms with Gasteiger partial charge < -0.3 is 13.4 Å². The normalized spacial score (nSPS) is 11.9. The van der Waals surface area contributed by atoms with E-state index in [1.54, 1.807) is 0 Å². The number of rotatable bonds is 5. The third-order valence-corrected chi connectivity index (χ3v) is 16.2. The molecule has 18 heteroatoms. The van der Waals surface area contributed by atoms with E-state index in [4.69, 9.17) is 23.8 Å². The Morgan fingerprint density at radius 1 is 0.348 bits per heavy atom. The molecule has 6 nitrogen and oxygen atoms in total. The molecule has 314 valence electrons. The van der Waals surface area contributed by atoms with Crippen molar-refractivity contribution in [2.75, 3.05) is 0 Å². The summed E-state index contributed by atoms with van der Waals surface area (Å²) in [6, 6.07) is 37.4. The molecule has 4 heterocycles. The fourth-order valence-corrected chi connectivity index (χ4v) is 11.5. The minimum atomic E-state index is 0.543. The molecule has 12 rings (SSSR count). The zero-order valence-electron chi connectivity index (χ0n) is 41.5. The van der Waals surface area contributed by atoms with Gasteiger partial charge in [-0.1, -0.05) is 110 Å². The lowest BCUT2D eigenvalue weighted by molar-refractivity contribution is 0.668. The quantitative estimate of drug-likeness (QED) is 0.161. The Balaban J connectivity index is 1.07. The van der Waals surface area contributed by atoms with Gasteiger partial charge in [0.15, 0.2) is 17.5 Å². The fourth-order valence-electron chi connectivity index (χ4n) is 11.5. The lowest BCUT2D eigenvalue weighted by Crippen LogP contribution is -2.56. The van der Waals surface area contributed by atoms with Crippen LogP contribution in [0.2, 0.25) is 0 Å². The van der Waals surface area contributed by atoms with Crippen LogP contribution in [0.3, 0.4) is 0 Å². The standard InChI is InChI=1S/C51H42B12N4O2/c52-34-31(30-35(53)40(58)43(61)41(59)36(30)54)39(57)46-32(37(34)55)33-38(56)42(60)44(62)45(63)47(33)67(46)21-14-16-24-23-15-13-20(17-28(23)68-29(24)18-21)50-64-49(19-7-2-1-3-8-19)65-51(66-50)26-11-6-10-25-22-9-4-5-12-27(22)69-48(25)26/h1-18H,52-63H2. The molecule has 8 aromatic carbocycles. The second kappa shape index (κ2) is 15.7.